The molecule has 9 nitrogen and oxygen atoms in total. The first-order chi connectivity index (χ1) is 17.3. The maximum atomic E-state index is 12.6. The van der Waals surface area contributed by atoms with E-state index in [0.717, 1.165) is 15.6 Å². The summed E-state index contributed by atoms with van der Waals surface area (Å²) in [6, 6.07) is 13.5. The lowest BCUT2D eigenvalue weighted by molar-refractivity contribution is -0.123. The van der Waals surface area contributed by atoms with Gasteiger partial charge in [0, 0.05) is 4.47 Å². The van der Waals surface area contributed by atoms with Crippen molar-refractivity contribution >= 4 is 34.0 Å². The average molecular weight is 555 g/mol. The Bertz CT molecular complexity index is 1320. The van der Waals surface area contributed by atoms with Crippen molar-refractivity contribution in [3.63, 3.8) is 0 Å². The SMILES string of the molecule is COc1cc(/C=N/NC(=O)COc2c(C)cc(Br)cc2C)ccc1OC(=O)c1ccc2c(c1)OCO2. The number of rotatable bonds is 8. The summed E-state index contributed by atoms with van der Waals surface area (Å²) in [6.07, 6.45) is 1.44. The fraction of sp³-hybridized carbons (Fsp3) is 0.192. The van der Waals surface area contributed by atoms with E-state index in [1.165, 1.54) is 13.3 Å². The predicted octanol–water partition coefficient (Wildman–Crippen LogP) is 4.55. The molecule has 0 spiro atoms. The highest BCUT2D eigenvalue weighted by molar-refractivity contribution is 9.10. The highest BCUT2D eigenvalue weighted by Gasteiger charge is 2.18. The summed E-state index contributed by atoms with van der Waals surface area (Å²) in [4.78, 5) is 24.7. The summed E-state index contributed by atoms with van der Waals surface area (Å²) in [5.41, 5.74) is 5.20. The van der Waals surface area contributed by atoms with Crippen LogP contribution in [0.3, 0.4) is 0 Å². The second kappa shape index (κ2) is 11.1. The van der Waals surface area contributed by atoms with E-state index in [9.17, 15) is 9.59 Å². The molecule has 186 valence electrons. The summed E-state index contributed by atoms with van der Waals surface area (Å²) in [5, 5.41) is 3.96. The molecule has 0 saturated heterocycles. The minimum atomic E-state index is -0.573. The molecule has 1 amide bonds. The second-order valence-electron chi connectivity index (χ2n) is 7.82. The van der Waals surface area contributed by atoms with Crippen molar-refractivity contribution in [1.29, 1.82) is 0 Å². The molecule has 1 aliphatic heterocycles. The number of nitrogens with one attached hydrogen (secondary N) is 1. The van der Waals surface area contributed by atoms with Crippen molar-refractivity contribution in [3.8, 4) is 28.7 Å². The summed E-state index contributed by atoms with van der Waals surface area (Å²) in [6.45, 7) is 3.75. The number of methoxy groups -OCH3 is 1. The molecule has 0 radical (unpaired) electrons. The number of carbonyl (C=O) groups excluding carboxylic acids is 2. The Morgan fingerprint density at radius 2 is 1.78 bits per heavy atom. The van der Waals surface area contributed by atoms with Gasteiger partial charge in [0.15, 0.2) is 29.6 Å². The molecule has 4 rings (SSSR count). The van der Waals surface area contributed by atoms with Gasteiger partial charge in [-0.05, 0) is 79.1 Å². The number of aryl methyl sites for hydroxylation is 2. The number of hydrazone groups is 1. The van der Waals surface area contributed by atoms with Crippen LogP contribution < -0.4 is 29.1 Å². The zero-order chi connectivity index (χ0) is 25.7. The number of halogens is 1. The maximum Gasteiger partial charge on any atom is 0.343 e. The normalized spacial score (nSPS) is 11.9. The first-order valence-corrected chi connectivity index (χ1v) is 11.6. The van der Waals surface area contributed by atoms with Crippen LogP contribution in [0.4, 0.5) is 0 Å². The lowest BCUT2D eigenvalue weighted by Gasteiger charge is -2.12. The van der Waals surface area contributed by atoms with Crippen LogP contribution in [-0.4, -0.2) is 38.6 Å². The van der Waals surface area contributed by atoms with E-state index in [1.807, 2.05) is 26.0 Å². The zero-order valence-electron chi connectivity index (χ0n) is 19.8. The molecule has 0 aromatic heterocycles. The van der Waals surface area contributed by atoms with E-state index in [0.29, 0.717) is 34.1 Å². The van der Waals surface area contributed by atoms with Crippen LogP contribution in [0.5, 0.6) is 28.7 Å². The molecular formula is C26H23BrN2O7. The Hall–Kier alpha value is -4.05. The Morgan fingerprint density at radius 3 is 2.53 bits per heavy atom. The molecule has 1 aliphatic rings. The van der Waals surface area contributed by atoms with Crippen LogP contribution >= 0.6 is 15.9 Å². The highest BCUT2D eigenvalue weighted by atomic mass is 79.9. The maximum absolute atomic E-state index is 12.6. The standard InChI is InChI=1S/C26H23BrN2O7/c1-15-8-19(27)9-16(2)25(15)33-13-24(30)29-28-12-17-4-6-21(22(10-17)32-3)36-26(31)18-5-7-20-23(11-18)35-14-34-20/h4-12H,13-14H2,1-3H3,(H,29,30)/b28-12+. The Balaban J connectivity index is 1.34. The summed E-state index contributed by atoms with van der Waals surface area (Å²) in [5.74, 6) is 1.29. The molecule has 1 N–H and O–H groups in total. The topological polar surface area (TPSA) is 105 Å². The average Bonchev–Trinajstić information content (AvgIpc) is 3.32. The van der Waals surface area contributed by atoms with E-state index in [-0.39, 0.29) is 19.1 Å². The van der Waals surface area contributed by atoms with Crippen LogP contribution in [0.2, 0.25) is 0 Å². The minimum absolute atomic E-state index is 0.114. The van der Waals surface area contributed by atoms with Gasteiger partial charge in [-0.2, -0.15) is 5.10 Å². The predicted molar refractivity (Wildman–Crippen MR) is 135 cm³/mol. The van der Waals surface area contributed by atoms with Gasteiger partial charge in [0.1, 0.15) is 5.75 Å². The molecule has 0 fully saturated rings. The molecule has 0 atom stereocenters. The van der Waals surface area contributed by atoms with Crippen LogP contribution in [0.25, 0.3) is 0 Å². The second-order valence-corrected chi connectivity index (χ2v) is 8.73. The number of amides is 1. The van der Waals surface area contributed by atoms with E-state index in [4.69, 9.17) is 23.7 Å². The zero-order valence-corrected chi connectivity index (χ0v) is 21.4. The van der Waals surface area contributed by atoms with Gasteiger partial charge in [0.25, 0.3) is 5.91 Å². The van der Waals surface area contributed by atoms with Crippen LogP contribution in [-0.2, 0) is 4.79 Å². The number of hydrogen-bond donors (Lipinski definition) is 1. The fourth-order valence-corrected chi connectivity index (χ4v) is 4.19. The van der Waals surface area contributed by atoms with Crippen LogP contribution in [0, 0.1) is 13.8 Å². The van der Waals surface area contributed by atoms with E-state index < -0.39 is 11.9 Å². The third-order valence-corrected chi connectivity index (χ3v) is 5.63. The van der Waals surface area contributed by atoms with Gasteiger partial charge in [0.05, 0.1) is 18.9 Å². The summed E-state index contributed by atoms with van der Waals surface area (Å²) < 4.78 is 28.0. The van der Waals surface area contributed by atoms with Gasteiger partial charge in [-0.25, -0.2) is 10.2 Å². The quantitative estimate of drug-likeness (QED) is 0.188. The van der Waals surface area contributed by atoms with Gasteiger partial charge in [0.2, 0.25) is 6.79 Å². The number of esters is 1. The van der Waals surface area contributed by atoms with Gasteiger partial charge < -0.3 is 23.7 Å². The van der Waals surface area contributed by atoms with E-state index in [2.05, 4.69) is 26.5 Å². The molecule has 1 heterocycles. The fourth-order valence-electron chi connectivity index (χ4n) is 3.50. The van der Waals surface area contributed by atoms with Crippen molar-refractivity contribution in [2.24, 2.45) is 5.10 Å². The molecule has 0 bridgehead atoms. The van der Waals surface area contributed by atoms with Gasteiger partial charge in [-0.3, -0.25) is 4.79 Å². The van der Waals surface area contributed by atoms with Crippen molar-refractivity contribution in [3.05, 3.63) is 75.3 Å². The number of nitrogens with zero attached hydrogens (tertiary/aromatic N) is 1. The van der Waals surface area contributed by atoms with Crippen LogP contribution in [0.1, 0.15) is 27.0 Å². The number of carbonyl (C=O) groups is 2. The Morgan fingerprint density at radius 1 is 1.03 bits per heavy atom. The number of ether oxygens (including phenoxy) is 5. The van der Waals surface area contributed by atoms with E-state index >= 15 is 0 Å². The summed E-state index contributed by atoms with van der Waals surface area (Å²) in [7, 11) is 1.46. The third kappa shape index (κ3) is 5.95. The number of fused-ring (bicyclic) bond motifs is 1. The molecule has 3 aromatic rings. The van der Waals surface area contributed by atoms with Gasteiger partial charge >= 0.3 is 5.97 Å². The van der Waals surface area contributed by atoms with Gasteiger partial charge in [-0.1, -0.05) is 15.9 Å². The molecular weight excluding hydrogens is 532 g/mol. The molecule has 0 aliphatic carbocycles. The van der Waals surface area contributed by atoms with Crippen molar-refractivity contribution in [2.45, 2.75) is 13.8 Å². The van der Waals surface area contributed by atoms with E-state index in [1.54, 1.807) is 36.4 Å². The molecule has 10 heteroatoms. The molecule has 0 saturated carbocycles. The lowest BCUT2D eigenvalue weighted by atomic mass is 10.1. The first kappa shape index (κ1) is 25.1. The van der Waals surface area contributed by atoms with Crippen molar-refractivity contribution < 1.29 is 33.3 Å². The third-order valence-electron chi connectivity index (χ3n) is 5.17. The smallest absolute Gasteiger partial charge is 0.343 e. The first-order valence-electron chi connectivity index (χ1n) is 10.9. The Labute approximate surface area is 216 Å². The number of hydrogen-bond acceptors (Lipinski definition) is 8. The lowest BCUT2D eigenvalue weighted by Crippen LogP contribution is -2.25. The monoisotopic (exact) mass is 554 g/mol. The molecule has 0 unspecified atom stereocenters. The molecule has 3 aromatic carbocycles. The largest absolute Gasteiger partial charge is 0.493 e. The van der Waals surface area contributed by atoms with Gasteiger partial charge in [-0.15, -0.1) is 0 Å². The highest BCUT2D eigenvalue weighted by Crippen LogP contribution is 2.34. The van der Waals surface area contributed by atoms with Crippen molar-refractivity contribution in [2.75, 3.05) is 20.5 Å². The van der Waals surface area contributed by atoms with Crippen LogP contribution in [0.15, 0.2) is 58.1 Å². The number of benzene rings is 3. The molecule has 36 heavy (non-hydrogen) atoms. The Kier molecular flexibility index (Phi) is 7.74. The van der Waals surface area contributed by atoms with Crippen molar-refractivity contribution in [1.82, 2.24) is 5.43 Å². The minimum Gasteiger partial charge on any atom is -0.493 e. The summed E-state index contributed by atoms with van der Waals surface area (Å²) >= 11 is 3.43.